The van der Waals surface area contributed by atoms with Gasteiger partial charge in [0.2, 0.25) is 5.91 Å². The molecule has 1 saturated heterocycles. The Morgan fingerprint density at radius 3 is 2.83 bits per heavy atom. The van der Waals surface area contributed by atoms with E-state index in [9.17, 15) is 4.79 Å². The van der Waals surface area contributed by atoms with E-state index >= 15 is 0 Å². The Balaban J connectivity index is 1.86. The maximum absolute atomic E-state index is 11.9. The van der Waals surface area contributed by atoms with Crippen molar-refractivity contribution in [1.29, 1.82) is 0 Å². The van der Waals surface area contributed by atoms with Crippen molar-refractivity contribution in [3.8, 4) is 0 Å². The molecule has 0 aliphatic carbocycles. The largest absolute Gasteiger partial charge is 0.361 e. The Kier molecular flexibility index (Phi) is 4.58. The quantitative estimate of drug-likeness (QED) is 0.933. The topological polar surface area (TPSA) is 45.2 Å². The van der Waals surface area contributed by atoms with Crippen molar-refractivity contribution in [1.82, 2.24) is 9.88 Å². The highest BCUT2D eigenvalue weighted by Crippen LogP contribution is 2.17. The number of piperidine rings is 1. The Morgan fingerprint density at radius 1 is 1.44 bits per heavy atom. The maximum atomic E-state index is 11.9. The van der Waals surface area contributed by atoms with Crippen molar-refractivity contribution in [2.45, 2.75) is 26.2 Å². The zero-order chi connectivity index (χ0) is 13.0. The third kappa shape index (κ3) is 3.45. The van der Waals surface area contributed by atoms with E-state index in [1.807, 2.05) is 17.9 Å². The molecule has 1 aromatic rings. The highest BCUT2D eigenvalue weighted by atomic mass is 79.9. The third-order valence-electron chi connectivity index (χ3n) is 3.18. The number of halogens is 1. The second-order valence-corrected chi connectivity index (χ2v) is 5.47. The average Bonchev–Trinajstić information content (AvgIpc) is 2.41. The fourth-order valence-electron chi connectivity index (χ4n) is 2.06. The van der Waals surface area contributed by atoms with E-state index < -0.39 is 0 Å². The van der Waals surface area contributed by atoms with Crippen LogP contribution in [0.5, 0.6) is 0 Å². The molecule has 0 saturated carbocycles. The molecule has 18 heavy (non-hydrogen) atoms. The zero-order valence-electron chi connectivity index (χ0n) is 10.6. The monoisotopic (exact) mass is 311 g/mol. The molecule has 98 valence electrons. The van der Waals surface area contributed by atoms with Crippen LogP contribution in [0, 0.1) is 6.92 Å². The number of rotatable bonds is 3. The highest BCUT2D eigenvalue weighted by molar-refractivity contribution is 9.10. The van der Waals surface area contributed by atoms with Crippen molar-refractivity contribution in [3.05, 3.63) is 22.3 Å². The Morgan fingerprint density at radius 2 is 2.17 bits per heavy atom. The number of anilines is 1. The zero-order valence-corrected chi connectivity index (χ0v) is 12.2. The molecule has 4 nitrogen and oxygen atoms in total. The summed E-state index contributed by atoms with van der Waals surface area (Å²) in [6.07, 6.45) is 5.25. The molecular weight excluding hydrogens is 294 g/mol. The van der Waals surface area contributed by atoms with Gasteiger partial charge in [0, 0.05) is 23.8 Å². The lowest BCUT2D eigenvalue weighted by Gasteiger charge is -2.26. The van der Waals surface area contributed by atoms with Gasteiger partial charge in [-0.05, 0) is 53.7 Å². The number of amides is 1. The molecule has 1 fully saturated rings. The predicted molar refractivity (Wildman–Crippen MR) is 75.6 cm³/mol. The van der Waals surface area contributed by atoms with Crippen molar-refractivity contribution in [3.63, 3.8) is 0 Å². The normalized spacial score (nSPS) is 15.6. The van der Waals surface area contributed by atoms with E-state index in [0.29, 0.717) is 6.54 Å². The van der Waals surface area contributed by atoms with Gasteiger partial charge in [-0.15, -0.1) is 0 Å². The molecule has 0 radical (unpaired) electrons. The van der Waals surface area contributed by atoms with Gasteiger partial charge in [-0.3, -0.25) is 4.79 Å². The van der Waals surface area contributed by atoms with Crippen LogP contribution in [0.15, 0.2) is 16.7 Å². The van der Waals surface area contributed by atoms with Crippen LogP contribution in [-0.2, 0) is 4.79 Å². The van der Waals surface area contributed by atoms with Crippen LogP contribution in [0.4, 0.5) is 5.82 Å². The molecule has 1 aromatic heterocycles. The first-order valence-corrected chi connectivity index (χ1v) is 7.10. The lowest BCUT2D eigenvalue weighted by Crippen LogP contribution is -2.39. The number of nitrogens with one attached hydrogen (secondary N) is 1. The van der Waals surface area contributed by atoms with Crippen LogP contribution in [0.2, 0.25) is 0 Å². The van der Waals surface area contributed by atoms with Gasteiger partial charge in [0.15, 0.2) is 0 Å². The van der Waals surface area contributed by atoms with E-state index in [4.69, 9.17) is 0 Å². The van der Waals surface area contributed by atoms with E-state index in [-0.39, 0.29) is 5.91 Å². The first-order valence-electron chi connectivity index (χ1n) is 6.30. The summed E-state index contributed by atoms with van der Waals surface area (Å²) in [6.45, 7) is 4.12. The van der Waals surface area contributed by atoms with Crippen molar-refractivity contribution in [2.75, 3.05) is 25.0 Å². The number of likely N-dealkylation sites (tertiary alicyclic amines) is 1. The highest BCUT2D eigenvalue weighted by Gasteiger charge is 2.15. The summed E-state index contributed by atoms with van der Waals surface area (Å²) >= 11 is 3.41. The number of aromatic nitrogens is 1. The van der Waals surface area contributed by atoms with Gasteiger partial charge in [0.1, 0.15) is 5.82 Å². The number of nitrogens with zero attached hydrogens (tertiary/aromatic N) is 2. The first-order chi connectivity index (χ1) is 8.66. The lowest BCUT2D eigenvalue weighted by molar-refractivity contribution is -0.130. The maximum Gasteiger partial charge on any atom is 0.241 e. The second-order valence-electron chi connectivity index (χ2n) is 4.61. The molecule has 2 heterocycles. The Bertz CT molecular complexity index is 430. The summed E-state index contributed by atoms with van der Waals surface area (Å²) in [6, 6.07) is 1.94. The van der Waals surface area contributed by atoms with Gasteiger partial charge in [-0.2, -0.15) is 0 Å². The molecule has 5 heteroatoms. The standard InChI is InChI=1S/C13H18BrN3O/c1-10-7-12(15-8-11(10)14)16-9-13(18)17-5-3-2-4-6-17/h7-8H,2-6,9H2,1H3,(H,15,16). The fourth-order valence-corrected chi connectivity index (χ4v) is 2.27. The van der Waals surface area contributed by atoms with Crippen LogP contribution < -0.4 is 5.32 Å². The molecule has 1 amide bonds. The number of hydrogen-bond donors (Lipinski definition) is 1. The van der Waals surface area contributed by atoms with Gasteiger partial charge < -0.3 is 10.2 Å². The van der Waals surface area contributed by atoms with Gasteiger partial charge >= 0.3 is 0 Å². The van der Waals surface area contributed by atoms with Crippen LogP contribution in [0.25, 0.3) is 0 Å². The molecule has 0 aromatic carbocycles. The summed E-state index contributed by atoms with van der Waals surface area (Å²) < 4.78 is 0.982. The molecule has 1 aliphatic heterocycles. The molecule has 1 N–H and O–H groups in total. The SMILES string of the molecule is Cc1cc(NCC(=O)N2CCCCC2)ncc1Br. The van der Waals surface area contributed by atoms with E-state index in [2.05, 4.69) is 26.2 Å². The number of aryl methyl sites for hydroxylation is 1. The lowest BCUT2D eigenvalue weighted by atomic mass is 10.1. The van der Waals surface area contributed by atoms with E-state index in [0.717, 1.165) is 41.8 Å². The summed E-state index contributed by atoms with van der Waals surface area (Å²) in [4.78, 5) is 18.1. The van der Waals surface area contributed by atoms with Crippen molar-refractivity contribution < 1.29 is 4.79 Å². The predicted octanol–water partition coefficient (Wildman–Crippen LogP) is 2.58. The van der Waals surface area contributed by atoms with Gasteiger partial charge in [0.05, 0.1) is 6.54 Å². The average molecular weight is 312 g/mol. The summed E-state index contributed by atoms with van der Waals surface area (Å²) in [7, 11) is 0. The van der Waals surface area contributed by atoms with Crippen molar-refractivity contribution >= 4 is 27.7 Å². The number of hydrogen-bond acceptors (Lipinski definition) is 3. The van der Waals surface area contributed by atoms with Gasteiger partial charge in [-0.25, -0.2) is 4.98 Å². The summed E-state index contributed by atoms with van der Waals surface area (Å²) in [5.74, 6) is 0.915. The smallest absolute Gasteiger partial charge is 0.241 e. The fraction of sp³-hybridized carbons (Fsp3) is 0.538. The van der Waals surface area contributed by atoms with E-state index in [1.54, 1.807) is 6.20 Å². The summed E-state index contributed by atoms with van der Waals surface area (Å²) in [5, 5.41) is 3.09. The Hall–Kier alpha value is -1.10. The van der Waals surface area contributed by atoms with Gasteiger partial charge in [0.25, 0.3) is 0 Å². The number of carbonyl (C=O) groups is 1. The molecular formula is C13H18BrN3O. The molecule has 0 unspecified atom stereocenters. The van der Waals surface area contributed by atoms with E-state index in [1.165, 1.54) is 6.42 Å². The number of pyridine rings is 1. The van der Waals surface area contributed by atoms with Crippen LogP contribution >= 0.6 is 15.9 Å². The van der Waals surface area contributed by atoms with Crippen LogP contribution in [-0.4, -0.2) is 35.4 Å². The molecule has 0 spiro atoms. The molecule has 2 rings (SSSR count). The minimum absolute atomic E-state index is 0.164. The number of carbonyl (C=O) groups excluding carboxylic acids is 1. The van der Waals surface area contributed by atoms with Gasteiger partial charge in [-0.1, -0.05) is 0 Å². The molecule has 1 aliphatic rings. The van der Waals surface area contributed by atoms with Crippen LogP contribution in [0.1, 0.15) is 24.8 Å². The minimum Gasteiger partial charge on any atom is -0.361 e. The molecule has 0 bridgehead atoms. The first kappa shape index (κ1) is 13.3. The third-order valence-corrected chi connectivity index (χ3v) is 4.01. The minimum atomic E-state index is 0.164. The summed E-state index contributed by atoms with van der Waals surface area (Å²) in [5.41, 5.74) is 1.11. The second kappa shape index (κ2) is 6.18. The van der Waals surface area contributed by atoms with Crippen LogP contribution in [0.3, 0.4) is 0 Å². The Labute approximate surface area is 116 Å². The van der Waals surface area contributed by atoms with Crippen molar-refractivity contribution in [2.24, 2.45) is 0 Å². The molecule has 0 atom stereocenters.